The van der Waals surface area contributed by atoms with Gasteiger partial charge in [-0.1, -0.05) is 24.3 Å². The van der Waals surface area contributed by atoms with Crippen molar-refractivity contribution in [1.29, 1.82) is 0 Å². The van der Waals surface area contributed by atoms with Gasteiger partial charge in [0.1, 0.15) is 0 Å². The molecule has 8 rings (SSSR count). The van der Waals surface area contributed by atoms with Gasteiger partial charge in [0.05, 0.1) is 25.1 Å². The maximum atomic E-state index is 5.40. The molecule has 0 amide bonds. The molecule has 0 saturated carbocycles. The zero-order chi connectivity index (χ0) is 20.8. The Morgan fingerprint density at radius 3 is 1.38 bits per heavy atom. The Morgan fingerprint density at radius 1 is 0.469 bits per heavy atom. The number of hydrogen-bond acceptors (Lipinski definition) is 4. The van der Waals surface area contributed by atoms with Gasteiger partial charge in [0.15, 0.2) is 0 Å². The third kappa shape index (κ3) is 2.08. The van der Waals surface area contributed by atoms with E-state index in [9.17, 15) is 0 Å². The van der Waals surface area contributed by atoms with E-state index in [0.717, 1.165) is 11.1 Å². The fraction of sp³-hybridized carbons (Fsp3) is 0. The van der Waals surface area contributed by atoms with Gasteiger partial charge >= 0.3 is 0 Å². The van der Waals surface area contributed by atoms with E-state index in [1.165, 1.54) is 62.6 Å². The summed E-state index contributed by atoms with van der Waals surface area (Å²) in [7, 11) is 0. The Labute approximate surface area is 190 Å². The first-order valence-corrected chi connectivity index (χ1v) is 12.1. The number of furan rings is 2. The summed E-state index contributed by atoms with van der Waals surface area (Å²) in [5, 5.41) is 5.29. The number of benzene rings is 4. The summed E-state index contributed by atoms with van der Waals surface area (Å²) in [5.41, 5.74) is 7.44. The van der Waals surface area contributed by atoms with Crippen LogP contribution in [0.4, 0.5) is 0 Å². The van der Waals surface area contributed by atoms with Crippen molar-refractivity contribution in [2.75, 3.05) is 0 Å². The van der Waals surface area contributed by atoms with Crippen LogP contribution in [0.2, 0.25) is 0 Å². The molecule has 0 aliphatic carbocycles. The summed E-state index contributed by atoms with van der Waals surface area (Å²) in [6.07, 6.45) is 7.16. The number of hydrogen-bond donors (Lipinski definition) is 0. The predicted octanol–water partition coefficient (Wildman–Crippen LogP) is 9.48. The number of rotatable bonds is 2. The van der Waals surface area contributed by atoms with E-state index in [0.29, 0.717) is 0 Å². The second-order valence-electron chi connectivity index (χ2n) is 8.17. The highest BCUT2D eigenvalue weighted by Gasteiger charge is 2.24. The second kappa shape index (κ2) is 6.00. The minimum Gasteiger partial charge on any atom is -0.472 e. The molecule has 4 heteroatoms. The van der Waals surface area contributed by atoms with Crippen molar-refractivity contribution >= 4 is 63.0 Å². The molecule has 2 nitrogen and oxygen atoms in total. The third-order valence-corrected chi connectivity index (χ3v) is 8.80. The molecule has 6 aromatic rings. The molecular formula is C28H14O2S2. The first-order valence-electron chi connectivity index (χ1n) is 10.5. The van der Waals surface area contributed by atoms with Gasteiger partial charge in [0.2, 0.25) is 0 Å². The molecule has 0 N–H and O–H groups in total. The average molecular weight is 447 g/mol. The van der Waals surface area contributed by atoms with Crippen LogP contribution in [0.25, 0.3) is 73.7 Å². The quantitative estimate of drug-likeness (QED) is 0.195. The van der Waals surface area contributed by atoms with Crippen molar-refractivity contribution in [2.24, 2.45) is 0 Å². The third-order valence-electron chi connectivity index (χ3n) is 6.56. The normalized spacial score (nSPS) is 12.4. The van der Waals surface area contributed by atoms with E-state index in [-0.39, 0.29) is 0 Å². The first-order chi connectivity index (χ1) is 15.9. The molecule has 0 fully saturated rings. The summed E-state index contributed by atoms with van der Waals surface area (Å²) in [6.45, 7) is 0. The minimum atomic E-state index is 1.12. The van der Waals surface area contributed by atoms with Crippen LogP contribution in [0, 0.1) is 0 Å². The lowest BCUT2D eigenvalue weighted by Crippen LogP contribution is -1.93. The maximum Gasteiger partial charge on any atom is 0.0981 e. The fourth-order valence-electron chi connectivity index (χ4n) is 5.20. The molecule has 4 heterocycles. The highest BCUT2D eigenvalue weighted by molar-refractivity contribution is 7.27. The van der Waals surface area contributed by atoms with Crippen molar-refractivity contribution in [3.63, 3.8) is 0 Å². The molecule has 32 heavy (non-hydrogen) atoms. The lowest BCUT2D eigenvalue weighted by molar-refractivity contribution is 0.568. The van der Waals surface area contributed by atoms with Crippen LogP contribution < -0.4 is 0 Å². The summed E-state index contributed by atoms with van der Waals surface area (Å²) in [5.74, 6) is 0. The molecule has 0 atom stereocenters. The molecule has 2 aliphatic heterocycles. The van der Waals surface area contributed by atoms with Crippen molar-refractivity contribution in [2.45, 2.75) is 0 Å². The Hall–Kier alpha value is -3.60. The first kappa shape index (κ1) is 17.0. The van der Waals surface area contributed by atoms with E-state index >= 15 is 0 Å². The molecule has 2 aliphatic rings. The van der Waals surface area contributed by atoms with Crippen LogP contribution >= 0.6 is 22.7 Å². The van der Waals surface area contributed by atoms with Gasteiger partial charge in [-0.25, -0.2) is 0 Å². The highest BCUT2D eigenvalue weighted by atomic mass is 32.1. The van der Waals surface area contributed by atoms with Gasteiger partial charge in [-0.05, 0) is 58.3 Å². The van der Waals surface area contributed by atoms with Crippen LogP contribution in [0.5, 0.6) is 0 Å². The molecule has 150 valence electrons. The molecular weight excluding hydrogens is 432 g/mol. The summed E-state index contributed by atoms with van der Waals surface area (Å²) >= 11 is 3.77. The lowest BCUT2D eigenvalue weighted by Gasteiger charge is -2.22. The molecule has 4 aromatic carbocycles. The zero-order valence-electron chi connectivity index (χ0n) is 16.7. The smallest absolute Gasteiger partial charge is 0.0981 e. The molecule has 0 bridgehead atoms. The van der Waals surface area contributed by atoms with Crippen LogP contribution in [0.1, 0.15) is 0 Å². The summed E-state index contributed by atoms with van der Waals surface area (Å²) in [6, 6.07) is 22.2. The molecule has 0 radical (unpaired) electrons. The van der Waals surface area contributed by atoms with Crippen molar-refractivity contribution < 1.29 is 8.83 Å². The SMILES string of the molecule is c1cc(-c2ccc3sc4ccc5c(-c6ccoc6)ccc6sc7ccc2c3c7-c4c65)co1. The molecule has 2 aromatic heterocycles. The van der Waals surface area contributed by atoms with E-state index in [4.69, 9.17) is 8.83 Å². The lowest BCUT2D eigenvalue weighted by atomic mass is 9.89. The van der Waals surface area contributed by atoms with Gasteiger partial charge < -0.3 is 8.83 Å². The van der Waals surface area contributed by atoms with Crippen molar-refractivity contribution in [1.82, 2.24) is 0 Å². The Bertz CT molecular complexity index is 1720. The standard InChI is InChI=1S/C28H14O2S2/c1-5-21-25-19(17(1)15-9-11-29-13-15)3-7-24-27(25)28-23(31-21)8-4-20-18(16-10-12-30-14-16)2-6-22(32-24)26(20)28/h1-14H. The van der Waals surface area contributed by atoms with Gasteiger partial charge in [-0.15, -0.1) is 22.7 Å². The average Bonchev–Trinajstić information content (AvgIpc) is 3.55. The Balaban J connectivity index is 1.59. The molecule has 0 saturated heterocycles. The van der Waals surface area contributed by atoms with Crippen LogP contribution in [0.3, 0.4) is 0 Å². The zero-order valence-corrected chi connectivity index (χ0v) is 18.3. The monoisotopic (exact) mass is 446 g/mol. The Morgan fingerprint density at radius 2 is 0.938 bits per heavy atom. The second-order valence-corrected chi connectivity index (χ2v) is 10.3. The van der Waals surface area contributed by atoms with E-state index in [1.807, 2.05) is 47.3 Å². The minimum absolute atomic E-state index is 1.12. The summed E-state index contributed by atoms with van der Waals surface area (Å²) < 4.78 is 16.1. The van der Waals surface area contributed by atoms with Crippen LogP contribution in [0.15, 0.2) is 94.6 Å². The topological polar surface area (TPSA) is 26.3 Å². The van der Waals surface area contributed by atoms with Gasteiger partial charge in [-0.3, -0.25) is 0 Å². The highest BCUT2D eigenvalue weighted by Crippen LogP contribution is 2.53. The Kier molecular flexibility index (Phi) is 3.19. The predicted molar refractivity (Wildman–Crippen MR) is 135 cm³/mol. The largest absolute Gasteiger partial charge is 0.472 e. The molecule has 0 spiro atoms. The van der Waals surface area contributed by atoms with E-state index in [2.05, 4.69) is 48.5 Å². The maximum absolute atomic E-state index is 5.40. The van der Waals surface area contributed by atoms with Crippen LogP contribution in [-0.2, 0) is 0 Å². The van der Waals surface area contributed by atoms with Crippen molar-refractivity contribution in [3.8, 4) is 33.4 Å². The van der Waals surface area contributed by atoms with Crippen molar-refractivity contribution in [3.05, 3.63) is 85.7 Å². The summed E-state index contributed by atoms with van der Waals surface area (Å²) in [4.78, 5) is 0. The fourth-order valence-corrected chi connectivity index (χ4v) is 7.46. The van der Waals surface area contributed by atoms with E-state index < -0.39 is 0 Å². The van der Waals surface area contributed by atoms with Gasteiger partial charge in [0.25, 0.3) is 0 Å². The van der Waals surface area contributed by atoms with Gasteiger partial charge in [0, 0.05) is 51.8 Å². The molecule has 0 unspecified atom stereocenters. The van der Waals surface area contributed by atoms with Gasteiger partial charge in [-0.2, -0.15) is 0 Å². The van der Waals surface area contributed by atoms with E-state index in [1.54, 1.807) is 12.5 Å². The van der Waals surface area contributed by atoms with Crippen LogP contribution in [-0.4, -0.2) is 0 Å².